The van der Waals surface area contributed by atoms with Crippen molar-refractivity contribution in [1.29, 1.82) is 0 Å². The van der Waals surface area contributed by atoms with Crippen LogP contribution in [0.1, 0.15) is 26.2 Å². The predicted octanol–water partition coefficient (Wildman–Crippen LogP) is 1.29. The van der Waals surface area contributed by atoms with Crippen LogP contribution in [0, 0.1) is 10.1 Å². The molecule has 1 heterocycles. The molecule has 0 radical (unpaired) electrons. The number of nitro groups is 1. The first-order valence-electron chi connectivity index (χ1n) is 7.59. The van der Waals surface area contributed by atoms with Gasteiger partial charge in [0.05, 0.1) is 11.0 Å². The van der Waals surface area contributed by atoms with E-state index in [1.54, 1.807) is 0 Å². The highest BCUT2D eigenvalue weighted by molar-refractivity contribution is 7.89. The van der Waals surface area contributed by atoms with Gasteiger partial charge in [-0.1, -0.05) is 19.8 Å². The van der Waals surface area contributed by atoms with Crippen LogP contribution in [0.4, 0.5) is 5.69 Å². The van der Waals surface area contributed by atoms with Crippen LogP contribution < -0.4 is 14.2 Å². The molecule has 2 rings (SSSR count). The second-order valence-corrected chi connectivity index (χ2v) is 7.06. The first-order valence-corrected chi connectivity index (χ1v) is 9.07. The number of rotatable bonds is 8. The quantitative estimate of drug-likeness (QED) is 0.511. The summed E-state index contributed by atoms with van der Waals surface area (Å²) in [5.41, 5.74) is -0.712. The zero-order chi connectivity index (χ0) is 18.6. The van der Waals surface area contributed by atoms with Gasteiger partial charge in [-0.05, 0) is 6.42 Å². The molecule has 0 spiro atoms. The molecule has 2 N–H and O–H groups in total. The smallest absolute Gasteiger partial charge is 0.321 e. The van der Waals surface area contributed by atoms with Crippen LogP contribution in [-0.2, 0) is 14.8 Å². The van der Waals surface area contributed by atoms with Gasteiger partial charge in [0, 0.05) is 6.07 Å². The Kier molecular flexibility index (Phi) is 5.80. The molecule has 1 atom stereocenters. The number of hydrogen-bond acceptors (Lipinski definition) is 7. The molecule has 25 heavy (non-hydrogen) atoms. The SMILES string of the molecule is CCCC[C@H](NS(=O)(=O)c1cc2c(cc1[N+](=O)[O-])OCCO2)C(=O)O. The van der Waals surface area contributed by atoms with E-state index in [1.807, 2.05) is 11.6 Å². The van der Waals surface area contributed by atoms with E-state index in [-0.39, 0.29) is 31.1 Å². The van der Waals surface area contributed by atoms with E-state index >= 15 is 0 Å². The third kappa shape index (κ3) is 4.37. The van der Waals surface area contributed by atoms with Crippen molar-refractivity contribution in [2.45, 2.75) is 37.1 Å². The Morgan fingerprint density at radius 2 is 1.96 bits per heavy atom. The fraction of sp³-hybridized carbons (Fsp3) is 0.500. The average molecular weight is 374 g/mol. The maximum absolute atomic E-state index is 12.5. The summed E-state index contributed by atoms with van der Waals surface area (Å²) in [7, 11) is -4.45. The second kappa shape index (κ2) is 7.66. The molecule has 138 valence electrons. The minimum absolute atomic E-state index is 0.0534. The van der Waals surface area contributed by atoms with Gasteiger partial charge in [0.15, 0.2) is 16.4 Å². The van der Waals surface area contributed by atoms with Crippen molar-refractivity contribution in [3.05, 3.63) is 22.2 Å². The van der Waals surface area contributed by atoms with Gasteiger partial charge in [0.2, 0.25) is 10.0 Å². The van der Waals surface area contributed by atoms with Gasteiger partial charge in [0.1, 0.15) is 19.3 Å². The summed E-state index contributed by atoms with van der Waals surface area (Å²) in [4.78, 5) is 21.0. The number of aliphatic carboxylic acids is 1. The molecule has 0 unspecified atom stereocenters. The number of nitrogens with zero attached hydrogens (tertiary/aromatic N) is 1. The van der Waals surface area contributed by atoms with Crippen molar-refractivity contribution in [2.24, 2.45) is 0 Å². The number of ether oxygens (including phenoxy) is 2. The van der Waals surface area contributed by atoms with Crippen LogP contribution in [0.3, 0.4) is 0 Å². The Bertz CT molecular complexity index is 777. The predicted molar refractivity (Wildman–Crippen MR) is 85.4 cm³/mol. The number of nitrogens with one attached hydrogen (secondary N) is 1. The fourth-order valence-electron chi connectivity index (χ4n) is 2.31. The number of hydrogen-bond donors (Lipinski definition) is 2. The molecule has 0 aromatic heterocycles. The molecule has 1 aliphatic rings. The molecule has 0 fully saturated rings. The minimum Gasteiger partial charge on any atom is -0.486 e. The van der Waals surface area contributed by atoms with Crippen LogP contribution in [0.5, 0.6) is 11.5 Å². The monoisotopic (exact) mass is 374 g/mol. The maximum Gasteiger partial charge on any atom is 0.321 e. The third-order valence-electron chi connectivity index (χ3n) is 3.55. The largest absolute Gasteiger partial charge is 0.486 e. The highest BCUT2D eigenvalue weighted by Gasteiger charge is 2.33. The minimum atomic E-state index is -4.45. The molecule has 0 saturated carbocycles. The Hall–Kier alpha value is -2.40. The van der Waals surface area contributed by atoms with E-state index in [4.69, 9.17) is 9.47 Å². The average Bonchev–Trinajstić information content (AvgIpc) is 2.57. The van der Waals surface area contributed by atoms with Gasteiger partial charge in [-0.2, -0.15) is 4.72 Å². The Morgan fingerprint density at radius 3 is 2.48 bits per heavy atom. The molecule has 0 aliphatic carbocycles. The first-order chi connectivity index (χ1) is 11.8. The highest BCUT2D eigenvalue weighted by atomic mass is 32.2. The van der Waals surface area contributed by atoms with E-state index in [2.05, 4.69) is 0 Å². The summed E-state index contributed by atoms with van der Waals surface area (Å²) in [6, 6.07) is 0.566. The van der Waals surface area contributed by atoms with Crippen molar-refractivity contribution in [1.82, 2.24) is 4.72 Å². The molecule has 0 bridgehead atoms. The number of sulfonamides is 1. The van der Waals surface area contributed by atoms with Gasteiger partial charge in [0.25, 0.3) is 5.69 Å². The number of benzene rings is 1. The zero-order valence-electron chi connectivity index (χ0n) is 13.4. The summed E-state index contributed by atoms with van der Waals surface area (Å²) in [6.45, 7) is 2.19. The summed E-state index contributed by atoms with van der Waals surface area (Å²) in [5.74, 6) is -1.23. The Labute approximate surface area is 143 Å². The molecule has 11 heteroatoms. The maximum atomic E-state index is 12.5. The standard InChI is InChI=1S/C14H18N2O8S/c1-2-3-4-9(14(17)18)15-25(21,22)13-8-12-11(23-5-6-24-12)7-10(13)16(19)20/h7-9,15H,2-6H2,1H3,(H,17,18)/t9-/m0/s1. The van der Waals surface area contributed by atoms with Gasteiger partial charge >= 0.3 is 5.97 Å². The number of carboxylic acid groups (broad SMARTS) is 1. The lowest BCUT2D eigenvalue weighted by Gasteiger charge is -2.20. The van der Waals surface area contributed by atoms with Crippen molar-refractivity contribution >= 4 is 21.7 Å². The lowest BCUT2D eigenvalue weighted by molar-refractivity contribution is -0.388. The molecular formula is C14H18N2O8S. The van der Waals surface area contributed by atoms with Crippen molar-refractivity contribution in [3.63, 3.8) is 0 Å². The number of carboxylic acids is 1. The molecule has 0 saturated heterocycles. The number of nitro benzene ring substituents is 1. The normalized spacial score (nSPS) is 14.8. The van der Waals surface area contributed by atoms with Crippen molar-refractivity contribution in [2.75, 3.05) is 13.2 Å². The van der Waals surface area contributed by atoms with E-state index in [0.29, 0.717) is 12.8 Å². The number of carbonyl (C=O) groups is 1. The zero-order valence-corrected chi connectivity index (χ0v) is 14.2. The van der Waals surface area contributed by atoms with Crippen LogP contribution in [-0.4, -0.2) is 43.7 Å². The third-order valence-corrected chi connectivity index (χ3v) is 5.05. The van der Waals surface area contributed by atoms with Gasteiger partial charge in [-0.3, -0.25) is 14.9 Å². The van der Waals surface area contributed by atoms with E-state index in [0.717, 1.165) is 12.1 Å². The Balaban J connectivity index is 2.43. The number of unbranched alkanes of at least 4 members (excludes halogenated alkanes) is 1. The van der Waals surface area contributed by atoms with Crippen LogP contribution in [0.2, 0.25) is 0 Å². The molecule has 1 aromatic rings. The fourth-order valence-corrected chi connectivity index (χ4v) is 3.70. The topological polar surface area (TPSA) is 145 Å². The highest BCUT2D eigenvalue weighted by Crippen LogP contribution is 2.38. The molecular weight excluding hydrogens is 356 g/mol. The summed E-state index contributed by atoms with van der Waals surface area (Å²) in [6.07, 6.45) is 1.24. The van der Waals surface area contributed by atoms with Crippen LogP contribution >= 0.6 is 0 Å². The van der Waals surface area contributed by atoms with Crippen molar-refractivity contribution < 1.29 is 32.7 Å². The summed E-state index contributed by atoms with van der Waals surface area (Å²) < 4.78 is 37.6. The molecule has 1 aromatic carbocycles. The van der Waals surface area contributed by atoms with E-state index in [1.165, 1.54) is 0 Å². The van der Waals surface area contributed by atoms with Crippen LogP contribution in [0.15, 0.2) is 17.0 Å². The molecule has 10 nitrogen and oxygen atoms in total. The Morgan fingerprint density at radius 1 is 1.36 bits per heavy atom. The number of fused-ring (bicyclic) bond motifs is 1. The van der Waals surface area contributed by atoms with E-state index in [9.17, 15) is 28.4 Å². The second-order valence-electron chi connectivity index (χ2n) is 5.38. The summed E-state index contributed by atoms with van der Waals surface area (Å²) >= 11 is 0. The first kappa shape index (κ1) is 18.9. The van der Waals surface area contributed by atoms with Gasteiger partial charge in [-0.25, -0.2) is 8.42 Å². The molecule has 0 amide bonds. The van der Waals surface area contributed by atoms with Crippen molar-refractivity contribution in [3.8, 4) is 11.5 Å². The lowest BCUT2D eigenvalue weighted by Crippen LogP contribution is -2.40. The summed E-state index contributed by atoms with van der Waals surface area (Å²) in [5, 5.41) is 20.4. The van der Waals surface area contributed by atoms with Gasteiger partial charge < -0.3 is 14.6 Å². The van der Waals surface area contributed by atoms with Gasteiger partial charge in [-0.15, -0.1) is 0 Å². The van der Waals surface area contributed by atoms with Crippen LogP contribution in [0.25, 0.3) is 0 Å². The molecule has 1 aliphatic heterocycles. The lowest BCUT2D eigenvalue weighted by atomic mass is 10.1. The van der Waals surface area contributed by atoms with E-state index < -0.39 is 37.5 Å².